The SMILES string of the molecule is NC1CCCc2ccc(OCCCC3CCCO3)cc21. The molecule has 2 aliphatic rings. The molecule has 3 rings (SSSR count). The Labute approximate surface area is 121 Å². The van der Waals surface area contributed by atoms with Gasteiger partial charge in [-0.3, -0.25) is 0 Å². The van der Waals surface area contributed by atoms with Crippen molar-refractivity contribution in [3.05, 3.63) is 29.3 Å². The molecule has 1 fully saturated rings. The van der Waals surface area contributed by atoms with Gasteiger partial charge in [-0.05, 0) is 68.2 Å². The number of rotatable bonds is 5. The molecule has 0 bridgehead atoms. The van der Waals surface area contributed by atoms with Gasteiger partial charge in [0.2, 0.25) is 0 Å². The fourth-order valence-corrected chi connectivity index (χ4v) is 3.28. The van der Waals surface area contributed by atoms with E-state index in [0.29, 0.717) is 6.10 Å². The summed E-state index contributed by atoms with van der Waals surface area (Å²) in [6.07, 6.45) is 8.53. The fourth-order valence-electron chi connectivity index (χ4n) is 3.28. The van der Waals surface area contributed by atoms with E-state index < -0.39 is 0 Å². The van der Waals surface area contributed by atoms with Crippen LogP contribution in [0.2, 0.25) is 0 Å². The molecule has 1 heterocycles. The number of fused-ring (bicyclic) bond motifs is 1. The average molecular weight is 275 g/mol. The minimum atomic E-state index is 0.189. The van der Waals surface area contributed by atoms with E-state index in [1.165, 1.54) is 30.4 Å². The summed E-state index contributed by atoms with van der Waals surface area (Å²) in [5, 5.41) is 0. The molecular weight excluding hydrogens is 250 g/mol. The summed E-state index contributed by atoms with van der Waals surface area (Å²) in [6.45, 7) is 1.71. The van der Waals surface area contributed by atoms with Gasteiger partial charge in [-0.15, -0.1) is 0 Å². The normalized spacial score (nSPS) is 25.4. The maximum Gasteiger partial charge on any atom is 0.119 e. The molecule has 2 unspecified atom stereocenters. The quantitative estimate of drug-likeness (QED) is 0.838. The van der Waals surface area contributed by atoms with E-state index in [2.05, 4.69) is 18.2 Å². The van der Waals surface area contributed by atoms with Gasteiger partial charge in [-0.25, -0.2) is 0 Å². The van der Waals surface area contributed by atoms with E-state index >= 15 is 0 Å². The van der Waals surface area contributed by atoms with E-state index in [9.17, 15) is 0 Å². The van der Waals surface area contributed by atoms with Crippen molar-refractivity contribution in [1.82, 2.24) is 0 Å². The molecule has 1 aromatic rings. The Kier molecular flexibility index (Phi) is 4.58. The molecule has 110 valence electrons. The molecule has 0 radical (unpaired) electrons. The standard InChI is InChI=1S/C17H25NO2/c18-17-7-1-4-13-8-9-15(12-16(13)17)20-11-3-6-14-5-2-10-19-14/h8-9,12,14,17H,1-7,10-11,18H2. The maximum atomic E-state index is 6.18. The Bertz CT molecular complexity index is 441. The Morgan fingerprint density at radius 3 is 3.05 bits per heavy atom. The maximum absolute atomic E-state index is 6.18. The second-order valence-corrected chi connectivity index (χ2v) is 5.99. The second kappa shape index (κ2) is 6.59. The van der Waals surface area contributed by atoms with E-state index in [1.807, 2.05) is 0 Å². The first kappa shape index (κ1) is 13.9. The number of hydrogen-bond donors (Lipinski definition) is 1. The summed E-state index contributed by atoms with van der Waals surface area (Å²) in [5.41, 5.74) is 8.86. The molecule has 0 spiro atoms. The largest absolute Gasteiger partial charge is 0.494 e. The molecule has 1 aromatic carbocycles. The minimum Gasteiger partial charge on any atom is -0.494 e. The number of benzene rings is 1. The highest BCUT2D eigenvalue weighted by Gasteiger charge is 2.17. The van der Waals surface area contributed by atoms with Gasteiger partial charge in [0.15, 0.2) is 0 Å². The van der Waals surface area contributed by atoms with Crippen molar-refractivity contribution in [2.24, 2.45) is 5.73 Å². The van der Waals surface area contributed by atoms with Gasteiger partial charge >= 0.3 is 0 Å². The van der Waals surface area contributed by atoms with Crippen molar-refractivity contribution >= 4 is 0 Å². The van der Waals surface area contributed by atoms with Crippen LogP contribution in [0, 0.1) is 0 Å². The smallest absolute Gasteiger partial charge is 0.119 e. The van der Waals surface area contributed by atoms with Crippen molar-refractivity contribution in [2.45, 2.75) is 57.1 Å². The minimum absolute atomic E-state index is 0.189. The topological polar surface area (TPSA) is 44.5 Å². The summed E-state index contributed by atoms with van der Waals surface area (Å²) >= 11 is 0. The predicted molar refractivity (Wildman–Crippen MR) is 80.0 cm³/mol. The monoisotopic (exact) mass is 275 g/mol. The molecule has 0 saturated carbocycles. The van der Waals surface area contributed by atoms with E-state index in [1.54, 1.807) is 0 Å². The van der Waals surface area contributed by atoms with Crippen LogP contribution in [0.4, 0.5) is 0 Å². The van der Waals surface area contributed by atoms with Crippen LogP contribution in [0.1, 0.15) is 55.7 Å². The van der Waals surface area contributed by atoms with Crippen LogP contribution in [0.25, 0.3) is 0 Å². The molecular formula is C17H25NO2. The molecule has 3 heteroatoms. The third-order valence-corrected chi connectivity index (χ3v) is 4.44. The second-order valence-electron chi connectivity index (χ2n) is 5.99. The molecule has 1 saturated heterocycles. The van der Waals surface area contributed by atoms with Crippen molar-refractivity contribution in [3.63, 3.8) is 0 Å². The number of hydrogen-bond acceptors (Lipinski definition) is 3. The summed E-state index contributed by atoms with van der Waals surface area (Å²) < 4.78 is 11.5. The first-order valence-electron chi connectivity index (χ1n) is 7.96. The van der Waals surface area contributed by atoms with Crippen LogP contribution < -0.4 is 10.5 Å². The van der Waals surface area contributed by atoms with Crippen LogP contribution in [-0.4, -0.2) is 19.3 Å². The predicted octanol–water partition coefficient (Wildman–Crippen LogP) is 3.36. The van der Waals surface area contributed by atoms with Crippen molar-refractivity contribution in [1.29, 1.82) is 0 Å². The highest BCUT2D eigenvalue weighted by Crippen LogP contribution is 2.31. The lowest BCUT2D eigenvalue weighted by molar-refractivity contribution is 0.0981. The lowest BCUT2D eigenvalue weighted by Gasteiger charge is -2.22. The molecule has 0 amide bonds. The Hall–Kier alpha value is -1.06. The van der Waals surface area contributed by atoms with Crippen LogP contribution in [-0.2, 0) is 11.2 Å². The summed E-state index contributed by atoms with van der Waals surface area (Å²) in [6, 6.07) is 6.60. The first-order chi connectivity index (χ1) is 9.83. The van der Waals surface area contributed by atoms with Crippen LogP contribution in [0.3, 0.4) is 0 Å². The van der Waals surface area contributed by atoms with Gasteiger partial charge in [0, 0.05) is 12.6 Å². The molecule has 3 nitrogen and oxygen atoms in total. The molecule has 2 atom stereocenters. The summed E-state index contributed by atoms with van der Waals surface area (Å²) in [7, 11) is 0. The van der Waals surface area contributed by atoms with Gasteiger partial charge in [-0.1, -0.05) is 6.07 Å². The van der Waals surface area contributed by atoms with Crippen molar-refractivity contribution in [3.8, 4) is 5.75 Å². The van der Waals surface area contributed by atoms with Gasteiger partial charge in [0.25, 0.3) is 0 Å². The van der Waals surface area contributed by atoms with Gasteiger partial charge in [0.1, 0.15) is 5.75 Å². The zero-order valence-corrected chi connectivity index (χ0v) is 12.1. The molecule has 20 heavy (non-hydrogen) atoms. The summed E-state index contributed by atoms with van der Waals surface area (Å²) in [5.74, 6) is 0.966. The Morgan fingerprint density at radius 2 is 2.20 bits per heavy atom. The van der Waals surface area contributed by atoms with E-state index in [4.69, 9.17) is 15.2 Å². The van der Waals surface area contributed by atoms with Crippen molar-refractivity contribution in [2.75, 3.05) is 13.2 Å². The summed E-state index contributed by atoms with van der Waals surface area (Å²) in [4.78, 5) is 0. The van der Waals surface area contributed by atoms with E-state index in [0.717, 1.165) is 44.6 Å². The van der Waals surface area contributed by atoms with Crippen LogP contribution >= 0.6 is 0 Å². The molecule has 0 aromatic heterocycles. The first-order valence-corrected chi connectivity index (χ1v) is 7.96. The lowest BCUT2D eigenvalue weighted by atomic mass is 9.88. The number of nitrogens with two attached hydrogens (primary N) is 1. The van der Waals surface area contributed by atoms with Gasteiger partial charge < -0.3 is 15.2 Å². The lowest BCUT2D eigenvalue weighted by Crippen LogP contribution is -2.17. The number of ether oxygens (including phenoxy) is 2. The number of aryl methyl sites for hydroxylation is 1. The fraction of sp³-hybridized carbons (Fsp3) is 0.647. The van der Waals surface area contributed by atoms with Gasteiger partial charge in [0.05, 0.1) is 12.7 Å². The van der Waals surface area contributed by atoms with Gasteiger partial charge in [-0.2, -0.15) is 0 Å². The zero-order valence-electron chi connectivity index (χ0n) is 12.1. The highest BCUT2D eigenvalue weighted by atomic mass is 16.5. The van der Waals surface area contributed by atoms with Crippen molar-refractivity contribution < 1.29 is 9.47 Å². The molecule has 1 aliphatic carbocycles. The average Bonchev–Trinajstić information content (AvgIpc) is 2.98. The highest BCUT2D eigenvalue weighted by molar-refractivity contribution is 5.39. The third kappa shape index (κ3) is 3.33. The Balaban J connectivity index is 1.49. The van der Waals surface area contributed by atoms with E-state index in [-0.39, 0.29) is 6.04 Å². The molecule has 2 N–H and O–H groups in total. The third-order valence-electron chi connectivity index (χ3n) is 4.44. The zero-order chi connectivity index (χ0) is 13.8. The van der Waals surface area contributed by atoms with Crippen LogP contribution in [0.15, 0.2) is 18.2 Å². The van der Waals surface area contributed by atoms with Crippen LogP contribution in [0.5, 0.6) is 5.75 Å². The Morgan fingerprint density at radius 1 is 1.25 bits per heavy atom. The molecule has 1 aliphatic heterocycles.